The van der Waals surface area contributed by atoms with Crippen LogP contribution in [-0.4, -0.2) is 17.1 Å². The minimum absolute atomic E-state index is 0.348. The van der Waals surface area contributed by atoms with Crippen molar-refractivity contribution in [3.63, 3.8) is 0 Å². The molecule has 2 rings (SSSR count). The maximum Gasteiger partial charge on any atom is 0.320 e. The molecule has 0 aliphatic carbocycles. The molecule has 4 nitrogen and oxygen atoms in total. The molecule has 4 N–H and O–H groups in total. The van der Waals surface area contributed by atoms with Gasteiger partial charge in [-0.15, -0.1) is 0 Å². The Kier molecular flexibility index (Phi) is 4.95. The van der Waals surface area contributed by atoms with Gasteiger partial charge in [0.2, 0.25) is 0 Å². The molecule has 0 aromatic heterocycles. The van der Waals surface area contributed by atoms with Crippen LogP contribution in [0.25, 0.3) is 0 Å². The number of hydrogen-bond donors (Lipinski definition) is 3. The highest BCUT2D eigenvalue weighted by Gasteiger charge is 2.11. The number of rotatable bonds is 6. The molecule has 0 bridgehead atoms. The van der Waals surface area contributed by atoms with Gasteiger partial charge in [0.05, 0.1) is 0 Å². The van der Waals surface area contributed by atoms with Crippen LogP contribution in [0.1, 0.15) is 16.7 Å². The van der Waals surface area contributed by atoms with Gasteiger partial charge in [-0.05, 0) is 36.1 Å². The Bertz CT molecular complexity index is 608. The number of carboxylic acids is 1. The highest BCUT2D eigenvalue weighted by Crippen LogP contribution is 2.15. The summed E-state index contributed by atoms with van der Waals surface area (Å²) in [5.74, 6) is -0.972. The standard InChI is InChI=1S/C17H20N2O2/c1-12-4-2-3-5-16(12)19-11-14-8-6-13(7-9-14)10-15(18)17(20)21/h2-9,15,19H,10-11,18H2,1H3,(H,20,21)/t15-/m0/s1. The molecule has 0 aliphatic heterocycles. The van der Waals surface area contributed by atoms with Crippen LogP contribution in [0.3, 0.4) is 0 Å². The van der Waals surface area contributed by atoms with E-state index in [0.29, 0.717) is 6.42 Å². The summed E-state index contributed by atoms with van der Waals surface area (Å²) >= 11 is 0. The van der Waals surface area contributed by atoms with Gasteiger partial charge in [0, 0.05) is 12.2 Å². The molecule has 0 spiro atoms. The summed E-state index contributed by atoms with van der Waals surface area (Å²) in [6.07, 6.45) is 0.348. The number of nitrogens with two attached hydrogens (primary N) is 1. The van der Waals surface area contributed by atoms with Crippen LogP contribution in [0, 0.1) is 6.92 Å². The third-order valence-electron chi connectivity index (χ3n) is 3.42. The molecule has 0 saturated carbocycles. The summed E-state index contributed by atoms with van der Waals surface area (Å²) in [6.45, 7) is 2.80. The summed E-state index contributed by atoms with van der Waals surface area (Å²) < 4.78 is 0. The Hall–Kier alpha value is -2.33. The average molecular weight is 284 g/mol. The van der Waals surface area contributed by atoms with Crippen LogP contribution in [0.2, 0.25) is 0 Å². The molecular weight excluding hydrogens is 264 g/mol. The largest absolute Gasteiger partial charge is 0.480 e. The number of aryl methyl sites for hydroxylation is 1. The average Bonchev–Trinajstić information content (AvgIpc) is 2.48. The van der Waals surface area contributed by atoms with Crippen molar-refractivity contribution in [2.45, 2.75) is 25.9 Å². The summed E-state index contributed by atoms with van der Waals surface area (Å²) in [4.78, 5) is 10.7. The molecule has 110 valence electrons. The van der Waals surface area contributed by atoms with Gasteiger partial charge in [0.15, 0.2) is 0 Å². The zero-order valence-electron chi connectivity index (χ0n) is 12.0. The second-order valence-electron chi connectivity index (χ2n) is 5.13. The highest BCUT2D eigenvalue weighted by molar-refractivity contribution is 5.73. The lowest BCUT2D eigenvalue weighted by Gasteiger charge is -2.10. The molecule has 0 aliphatic rings. The fourth-order valence-electron chi connectivity index (χ4n) is 2.10. The Morgan fingerprint density at radius 3 is 2.38 bits per heavy atom. The molecule has 0 unspecified atom stereocenters. The normalized spacial score (nSPS) is 11.9. The van der Waals surface area contributed by atoms with Crippen LogP contribution in [0.15, 0.2) is 48.5 Å². The quantitative estimate of drug-likeness (QED) is 0.762. The summed E-state index contributed by atoms with van der Waals surface area (Å²) in [5.41, 5.74) is 9.93. The van der Waals surface area contributed by atoms with Gasteiger partial charge in [-0.2, -0.15) is 0 Å². The van der Waals surface area contributed by atoms with Gasteiger partial charge < -0.3 is 16.2 Å². The zero-order chi connectivity index (χ0) is 15.2. The molecule has 1 atom stereocenters. The van der Waals surface area contributed by atoms with E-state index in [4.69, 9.17) is 10.8 Å². The van der Waals surface area contributed by atoms with Crippen molar-refractivity contribution in [1.29, 1.82) is 0 Å². The van der Waals surface area contributed by atoms with Crippen molar-refractivity contribution in [1.82, 2.24) is 0 Å². The lowest BCUT2D eigenvalue weighted by atomic mass is 10.0. The first kappa shape index (κ1) is 15.1. The Morgan fingerprint density at radius 2 is 1.76 bits per heavy atom. The van der Waals surface area contributed by atoms with E-state index in [1.807, 2.05) is 36.4 Å². The second-order valence-corrected chi connectivity index (χ2v) is 5.13. The number of anilines is 1. The van der Waals surface area contributed by atoms with Crippen LogP contribution in [-0.2, 0) is 17.8 Å². The first-order chi connectivity index (χ1) is 10.1. The van der Waals surface area contributed by atoms with E-state index >= 15 is 0 Å². The predicted octanol–water partition coefficient (Wildman–Crippen LogP) is 2.56. The van der Waals surface area contributed by atoms with Crippen LogP contribution in [0.4, 0.5) is 5.69 Å². The van der Waals surface area contributed by atoms with Gasteiger partial charge in [0.25, 0.3) is 0 Å². The highest BCUT2D eigenvalue weighted by atomic mass is 16.4. The van der Waals surface area contributed by atoms with Crippen molar-refractivity contribution in [3.05, 3.63) is 65.2 Å². The Balaban J connectivity index is 1.94. The molecular formula is C17H20N2O2. The fraction of sp³-hybridized carbons (Fsp3) is 0.235. The van der Waals surface area contributed by atoms with Gasteiger partial charge in [0.1, 0.15) is 6.04 Å². The van der Waals surface area contributed by atoms with E-state index in [2.05, 4.69) is 24.4 Å². The second kappa shape index (κ2) is 6.90. The Morgan fingerprint density at radius 1 is 1.14 bits per heavy atom. The molecule has 2 aromatic rings. The molecule has 21 heavy (non-hydrogen) atoms. The number of nitrogens with one attached hydrogen (secondary N) is 1. The number of carbonyl (C=O) groups is 1. The molecule has 2 aromatic carbocycles. The summed E-state index contributed by atoms with van der Waals surface area (Å²) in [7, 11) is 0. The molecule has 0 heterocycles. The maximum absolute atomic E-state index is 10.7. The number of carboxylic acid groups (broad SMARTS) is 1. The third-order valence-corrected chi connectivity index (χ3v) is 3.42. The van der Waals surface area contributed by atoms with Gasteiger partial charge in [-0.3, -0.25) is 4.79 Å². The van der Waals surface area contributed by atoms with Crippen LogP contribution in [0.5, 0.6) is 0 Å². The van der Waals surface area contributed by atoms with E-state index in [9.17, 15) is 4.79 Å². The topological polar surface area (TPSA) is 75.3 Å². The SMILES string of the molecule is Cc1ccccc1NCc1ccc(C[C@H](N)C(=O)O)cc1. The van der Waals surface area contributed by atoms with E-state index in [1.54, 1.807) is 0 Å². The number of aliphatic carboxylic acids is 1. The van der Waals surface area contributed by atoms with Crippen molar-refractivity contribution in [2.24, 2.45) is 5.73 Å². The minimum Gasteiger partial charge on any atom is -0.480 e. The lowest BCUT2D eigenvalue weighted by Crippen LogP contribution is -2.32. The fourth-order valence-corrected chi connectivity index (χ4v) is 2.10. The molecule has 0 amide bonds. The molecule has 0 saturated heterocycles. The first-order valence-corrected chi connectivity index (χ1v) is 6.92. The van der Waals surface area contributed by atoms with Gasteiger partial charge in [-0.25, -0.2) is 0 Å². The summed E-state index contributed by atoms with van der Waals surface area (Å²) in [6, 6.07) is 15.1. The first-order valence-electron chi connectivity index (χ1n) is 6.92. The predicted molar refractivity (Wildman–Crippen MR) is 84.3 cm³/mol. The summed E-state index contributed by atoms with van der Waals surface area (Å²) in [5, 5.41) is 12.2. The van der Waals surface area contributed by atoms with Crippen molar-refractivity contribution < 1.29 is 9.90 Å². The lowest BCUT2D eigenvalue weighted by molar-refractivity contribution is -0.138. The van der Waals surface area contributed by atoms with Crippen molar-refractivity contribution >= 4 is 11.7 Å². The molecule has 4 heteroatoms. The smallest absolute Gasteiger partial charge is 0.320 e. The van der Waals surface area contributed by atoms with Gasteiger partial charge in [-0.1, -0.05) is 42.5 Å². The van der Waals surface area contributed by atoms with Gasteiger partial charge >= 0.3 is 5.97 Å². The van der Waals surface area contributed by atoms with E-state index in [1.165, 1.54) is 5.56 Å². The third kappa shape index (κ3) is 4.33. The molecule has 0 radical (unpaired) electrons. The van der Waals surface area contributed by atoms with Crippen molar-refractivity contribution in [3.8, 4) is 0 Å². The molecule has 0 fully saturated rings. The van der Waals surface area contributed by atoms with Crippen molar-refractivity contribution in [2.75, 3.05) is 5.32 Å². The maximum atomic E-state index is 10.7. The number of hydrogen-bond acceptors (Lipinski definition) is 3. The number of para-hydroxylation sites is 1. The minimum atomic E-state index is -0.972. The van der Waals surface area contributed by atoms with Crippen LogP contribution < -0.4 is 11.1 Å². The van der Waals surface area contributed by atoms with E-state index in [-0.39, 0.29) is 0 Å². The Labute approximate surface area is 124 Å². The van der Waals surface area contributed by atoms with E-state index < -0.39 is 12.0 Å². The monoisotopic (exact) mass is 284 g/mol. The zero-order valence-corrected chi connectivity index (χ0v) is 12.0. The number of benzene rings is 2. The van der Waals surface area contributed by atoms with Crippen LogP contribution >= 0.6 is 0 Å². The van der Waals surface area contributed by atoms with E-state index in [0.717, 1.165) is 23.4 Å².